The van der Waals surface area contributed by atoms with Gasteiger partial charge in [-0.15, -0.1) is 6.58 Å². The van der Waals surface area contributed by atoms with Crippen molar-refractivity contribution in [2.24, 2.45) is 0 Å². The van der Waals surface area contributed by atoms with Gasteiger partial charge in [-0.25, -0.2) is 4.79 Å². The molecule has 0 bridgehead atoms. The molecule has 0 aliphatic carbocycles. The molecule has 0 aromatic carbocycles. The number of rotatable bonds is 2. The molecule has 1 heterocycles. The largest absolute Gasteiger partial charge is 0.444 e. The molecule has 0 spiro atoms. The first-order chi connectivity index (χ1) is 7.80. The van der Waals surface area contributed by atoms with E-state index < -0.39 is 18.1 Å². The molecule has 1 rings (SSSR count). The summed E-state index contributed by atoms with van der Waals surface area (Å²) in [6.45, 7) is 11.0. The summed E-state index contributed by atoms with van der Waals surface area (Å²) in [5.74, 6) is 0. The number of carbonyl (C=O) groups is 1. The lowest BCUT2D eigenvalue weighted by molar-refractivity contribution is -0.160. The van der Waals surface area contributed by atoms with E-state index in [2.05, 4.69) is 6.58 Å². The molecule has 1 aliphatic rings. The van der Waals surface area contributed by atoms with Gasteiger partial charge in [0, 0.05) is 7.11 Å². The Labute approximate surface area is 102 Å². The number of amides is 1. The minimum atomic E-state index is -0.720. The van der Waals surface area contributed by atoms with E-state index in [1.54, 1.807) is 6.08 Å². The first-order valence-electron chi connectivity index (χ1n) is 5.62. The van der Waals surface area contributed by atoms with Crippen LogP contribution in [0.3, 0.4) is 0 Å². The summed E-state index contributed by atoms with van der Waals surface area (Å²) in [5, 5.41) is 0. The molecule has 98 valence electrons. The molecule has 5 nitrogen and oxygen atoms in total. The van der Waals surface area contributed by atoms with Crippen molar-refractivity contribution in [3.8, 4) is 0 Å². The third-order valence-electron chi connectivity index (χ3n) is 2.45. The summed E-state index contributed by atoms with van der Waals surface area (Å²) in [5.41, 5.74) is -0.540. The molecular weight excluding hydrogens is 222 g/mol. The summed E-state index contributed by atoms with van der Waals surface area (Å²) in [7, 11) is 1.49. The van der Waals surface area contributed by atoms with Crippen molar-refractivity contribution in [2.45, 2.75) is 51.9 Å². The summed E-state index contributed by atoms with van der Waals surface area (Å²) < 4.78 is 15.9. The first kappa shape index (κ1) is 14.0. The van der Waals surface area contributed by atoms with Crippen LogP contribution < -0.4 is 0 Å². The highest BCUT2D eigenvalue weighted by Gasteiger charge is 2.43. The maximum Gasteiger partial charge on any atom is 0.414 e. The van der Waals surface area contributed by atoms with E-state index in [0.717, 1.165) is 0 Å². The normalized spacial score (nSPS) is 29.2. The standard InChI is InChI=1S/C12H21NO4/c1-7-9-8(2)13(11(15-6)16-9)10(14)17-12(3,4)5/h7-9,11H,1H2,2-6H3/t8-,9+,11?/m1/s1. The molecule has 1 unspecified atom stereocenters. The average Bonchev–Trinajstić information content (AvgIpc) is 2.52. The van der Waals surface area contributed by atoms with Crippen molar-refractivity contribution < 1.29 is 19.0 Å². The fourth-order valence-electron chi connectivity index (χ4n) is 1.65. The molecule has 1 amide bonds. The monoisotopic (exact) mass is 243 g/mol. The van der Waals surface area contributed by atoms with Crippen molar-refractivity contribution in [3.05, 3.63) is 12.7 Å². The van der Waals surface area contributed by atoms with Crippen molar-refractivity contribution in [1.29, 1.82) is 0 Å². The van der Waals surface area contributed by atoms with Crippen molar-refractivity contribution in [2.75, 3.05) is 7.11 Å². The first-order valence-corrected chi connectivity index (χ1v) is 5.62. The second kappa shape index (κ2) is 5.06. The smallest absolute Gasteiger partial charge is 0.414 e. The summed E-state index contributed by atoms with van der Waals surface area (Å²) in [6.07, 6.45) is 0.248. The molecule has 0 radical (unpaired) electrons. The lowest BCUT2D eigenvalue weighted by atomic mass is 10.2. The molecule has 17 heavy (non-hydrogen) atoms. The molecule has 1 saturated heterocycles. The zero-order valence-corrected chi connectivity index (χ0v) is 11.1. The van der Waals surface area contributed by atoms with Gasteiger partial charge in [0.05, 0.1) is 6.04 Å². The van der Waals surface area contributed by atoms with Crippen molar-refractivity contribution >= 4 is 6.09 Å². The van der Waals surface area contributed by atoms with Crippen LogP contribution in [0, 0.1) is 0 Å². The molecule has 0 aromatic rings. The second-order valence-electron chi connectivity index (χ2n) is 5.01. The third-order valence-corrected chi connectivity index (χ3v) is 2.45. The van der Waals surface area contributed by atoms with Crippen LogP contribution in [0.4, 0.5) is 4.79 Å². The van der Waals surface area contributed by atoms with Crippen LogP contribution in [0.25, 0.3) is 0 Å². The fraction of sp³-hybridized carbons (Fsp3) is 0.750. The molecule has 3 atom stereocenters. The molecule has 0 aromatic heterocycles. The Bertz CT molecular complexity index is 297. The van der Waals surface area contributed by atoms with Crippen LogP contribution in [-0.4, -0.2) is 42.3 Å². The minimum Gasteiger partial charge on any atom is -0.444 e. The molecule has 0 N–H and O–H groups in total. The Morgan fingerprint density at radius 3 is 2.47 bits per heavy atom. The van der Waals surface area contributed by atoms with Gasteiger partial charge in [0.15, 0.2) is 0 Å². The van der Waals surface area contributed by atoms with Gasteiger partial charge >= 0.3 is 6.09 Å². The number of ether oxygens (including phenoxy) is 3. The maximum absolute atomic E-state index is 12.0. The number of hydrogen-bond acceptors (Lipinski definition) is 4. The third kappa shape index (κ3) is 3.20. The zero-order valence-electron chi connectivity index (χ0n) is 11.1. The summed E-state index contributed by atoms with van der Waals surface area (Å²) in [4.78, 5) is 13.5. The Balaban J connectivity index is 2.79. The quantitative estimate of drug-likeness (QED) is 0.697. The van der Waals surface area contributed by atoms with E-state index in [1.807, 2.05) is 27.7 Å². The maximum atomic E-state index is 12.0. The van der Waals surface area contributed by atoms with Gasteiger partial charge in [-0.2, -0.15) is 0 Å². The zero-order chi connectivity index (χ0) is 13.2. The summed E-state index contributed by atoms with van der Waals surface area (Å²) >= 11 is 0. The Morgan fingerprint density at radius 1 is 1.47 bits per heavy atom. The van der Waals surface area contributed by atoms with Gasteiger partial charge in [-0.3, -0.25) is 4.90 Å². The van der Waals surface area contributed by atoms with Gasteiger partial charge in [-0.1, -0.05) is 6.08 Å². The Morgan fingerprint density at radius 2 is 2.06 bits per heavy atom. The van der Waals surface area contributed by atoms with E-state index in [4.69, 9.17) is 14.2 Å². The minimum absolute atomic E-state index is 0.160. The van der Waals surface area contributed by atoms with Gasteiger partial charge in [0.1, 0.15) is 11.7 Å². The molecule has 5 heteroatoms. The number of carbonyl (C=O) groups excluding carboxylic acids is 1. The second-order valence-corrected chi connectivity index (χ2v) is 5.01. The van der Waals surface area contributed by atoms with E-state index in [9.17, 15) is 4.79 Å². The summed E-state index contributed by atoms with van der Waals surface area (Å²) in [6, 6.07) is -0.160. The van der Waals surface area contributed by atoms with Crippen LogP contribution in [0.5, 0.6) is 0 Å². The molecular formula is C12H21NO4. The number of nitrogens with zero attached hydrogens (tertiary/aromatic N) is 1. The lowest BCUT2D eigenvalue weighted by Crippen LogP contribution is -2.45. The predicted octanol–water partition coefficient (Wildman–Crippen LogP) is 2.13. The number of hydrogen-bond donors (Lipinski definition) is 0. The molecule has 1 fully saturated rings. The van der Waals surface area contributed by atoms with Crippen LogP contribution in [-0.2, 0) is 14.2 Å². The molecule has 1 aliphatic heterocycles. The SMILES string of the molecule is C=C[C@@H]1OC(OC)N(C(=O)OC(C)(C)C)[C@@H]1C. The van der Waals surface area contributed by atoms with Crippen molar-refractivity contribution in [1.82, 2.24) is 4.90 Å². The highest BCUT2D eigenvalue weighted by atomic mass is 16.7. The predicted molar refractivity (Wildman–Crippen MR) is 63.4 cm³/mol. The average molecular weight is 243 g/mol. The van der Waals surface area contributed by atoms with E-state index >= 15 is 0 Å². The van der Waals surface area contributed by atoms with Crippen LogP contribution >= 0.6 is 0 Å². The van der Waals surface area contributed by atoms with Crippen molar-refractivity contribution in [3.63, 3.8) is 0 Å². The highest BCUT2D eigenvalue weighted by molar-refractivity contribution is 5.69. The van der Waals surface area contributed by atoms with E-state index in [1.165, 1.54) is 12.0 Å². The van der Waals surface area contributed by atoms with Gasteiger partial charge in [0.25, 0.3) is 0 Å². The number of methoxy groups -OCH3 is 1. The van der Waals surface area contributed by atoms with E-state index in [0.29, 0.717) is 0 Å². The van der Waals surface area contributed by atoms with Crippen LogP contribution in [0.15, 0.2) is 12.7 Å². The van der Waals surface area contributed by atoms with E-state index in [-0.39, 0.29) is 12.1 Å². The Kier molecular flexibility index (Phi) is 4.16. The van der Waals surface area contributed by atoms with Gasteiger partial charge in [0.2, 0.25) is 6.41 Å². The van der Waals surface area contributed by atoms with Gasteiger partial charge in [-0.05, 0) is 27.7 Å². The Hall–Kier alpha value is -1.07. The molecule has 0 saturated carbocycles. The van der Waals surface area contributed by atoms with Gasteiger partial charge < -0.3 is 14.2 Å². The topological polar surface area (TPSA) is 48.0 Å². The van der Waals surface area contributed by atoms with Crippen LogP contribution in [0.2, 0.25) is 0 Å². The fourth-order valence-corrected chi connectivity index (χ4v) is 1.65. The lowest BCUT2D eigenvalue weighted by Gasteiger charge is -2.28. The van der Waals surface area contributed by atoms with Crippen LogP contribution in [0.1, 0.15) is 27.7 Å². The highest BCUT2D eigenvalue weighted by Crippen LogP contribution is 2.26.